The highest BCUT2D eigenvalue weighted by Gasteiger charge is 2.03. The van der Waals surface area contributed by atoms with E-state index in [4.69, 9.17) is 5.73 Å². The third kappa shape index (κ3) is 1.33. The summed E-state index contributed by atoms with van der Waals surface area (Å²) in [6.45, 7) is 0. The van der Waals surface area contributed by atoms with Gasteiger partial charge in [0.2, 0.25) is 5.91 Å². The van der Waals surface area contributed by atoms with E-state index in [9.17, 15) is 4.79 Å². The molecule has 2 aromatic heterocycles. The molecule has 13 heavy (non-hydrogen) atoms. The summed E-state index contributed by atoms with van der Waals surface area (Å²) in [5.41, 5.74) is 6.62. The number of fused-ring (bicyclic) bond motifs is 1. The monoisotopic (exact) mass is 238 g/mol. The van der Waals surface area contributed by atoms with Crippen molar-refractivity contribution in [3.8, 4) is 0 Å². The van der Waals surface area contributed by atoms with E-state index >= 15 is 0 Å². The Kier molecular flexibility index (Phi) is 1.84. The Bertz CT molecular complexity index is 475. The highest BCUT2D eigenvalue weighted by molar-refractivity contribution is 9.10. The fourth-order valence-corrected chi connectivity index (χ4v) is 1.65. The molecule has 2 N–H and O–H groups in total. The number of hydrogen-bond acceptors (Lipinski definition) is 1. The number of carbonyl (C=O) groups is 1. The fraction of sp³-hybridized carbons (Fsp3) is 0. The minimum atomic E-state index is -0.407. The molecule has 0 fully saturated rings. The lowest BCUT2D eigenvalue weighted by atomic mass is 10.2. The van der Waals surface area contributed by atoms with Crippen molar-refractivity contribution in [1.29, 1.82) is 0 Å². The van der Waals surface area contributed by atoms with Gasteiger partial charge in [-0.25, -0.2) is 0 Å². The van der Waals surface area contributed by atoms with Gasteiger partial charge in [-0.1, -0.05) is 0 Å². The Labute approximate surface area is 83.3 Å². The second kappa shape index (κ2) is 2.88. The summed E-state index contributed by atoms with van der Waals surface area (Å²) >= 11 is 3.38. The van der Waals surface area contributed by atoms with Gasteiger partial charge in [0.15, 0.2) is 0 Å². The van der Waals surface area contributed by atoms with Crippen molar-refractivity contribution >= 4 is 27.4 Å². The molecule has 0 aromatic carbocycles. The third-order valence-electron chi connectivity index (χ3n) is 1.90. The van der Waals surface area contributed by atoms with Crippen LogP contribution in [0.1, 0.15) is 10.4 Å². The van der Waals surface area contributed by atoms with Crippen LogP contribution in [0.5, 0.6) is 0 Å². The first-order chi connectivity index (χ1) is 6.18. The van der Waals surface area contributed by atoms with E-state index in [1.807, 2.05) is 16.7 Å². The summed E-state index contributed by atoms with van der Waals surface area (Å²) in [5, 5.41) is 0. The minimum Gasteiger partial charge on any atom is -0.366 e. The number of halogens is 1. The molecule has 0 aliphatic carbocycles. The molecular formula is C9H7BrN2O. The zero-order valence-corrected chi connectivity index (χ0v) is 8.28. The van der Waals surface area contributed by atoms with Crippen LogP contribution in [0.15, 0.2) is 35.1 Å². The van der Waals surface area contributed by atoms with Crippen molar-refractivity contribution in [2.45, 2.75) is 0 Å². The summed E-state index contributed by atoms with van der Waals surface area (Å²) in [6.07, 6.45) is 3.71. The molecule has 2 rings (SSSR count). The van der Waals surface area contributed by atoms with Crippen molar-refractivity contribution < 1.29 is 4.79 Å². The van der Waals surface area contributed by atoms with Gasteiger partial charge in [0.05, 0.1) is 5.52 Å². The smallest absolute Gasteiger partial charge is 0.248 e. The zero-order valence-electron chi connectivity index (χ0n) is 6.70. The molecule has 0 bridgehead atoms. The standard InChI is InChI=1S/C9H7BrN2O/c10-7-2-4-12-3-1-6(9(11)13)5-8(7)12/h1-5H,(H2,11,13). The second-order valence-electron chi connectivity index (χ2n) is 2.74. The maximum Gasteiger partial charge on any atom is 0.248 e. The maximum atomic E-state index is 10.9. The molecule has 66 valence electrons. The Balaban J connectivity index is 2.72. The first-order valence-electron chi connectivity index (χ1n) is 3.74. The summed E-state index contributed by atoms with van der Waals surface area (Å²) in [5.74, 6) is -0.407. The average Bonchev–Trinajstić information content (AvgIpc) is 2.47. The molecule has 0 radical (unpaired) electrons. The summed E-state index contributed by atoms with van der Waals surface area (Å²) in [6, 6.07) is 5.37. The van der Waals surface area contributed by atoms with Crippen LogP contribution >= 0.6 is 15.9 Å². The normalized spacial score (nSPS) is 10.5. The number of aromatic nitrogens is 1. The zero-order chi connectivity index (χ0) is 9.42. The lowest BCUT2D eigenvalue weighted by Gasteiger charge is -1.98. The summed E-state index contributed by atoms with van der Waals surface area (Å²) in [7, 11) is 0. The van der Waals surface area contributed by atoms with Crippen LogP contribution in [-0.2, 0) is 0 Å². The number of primary amides is 1. The molecule has 0 spiro atoms. The summed E-state index contributed by atoms with van der Waals surface area (Å²) in [4.78, 5) is 10.9. The van der Waals surface area contributed by atoms with Crippen LogP contribution in [0.25, 0.3) is 5.52 Å². The molecule has 3 nitrogen and oxygen atoms in total. The van der Waals surface area contributed by atoms with E-state index in [-0.39, 0.29) is 0 Å². The van der Waals surface area contributed by atoms with E-state index in [1.165, 1.54) is 0 Å². The van der Waals surface area contributed by atoms with Crippen LogP contribution in [0.2, 0.25) is 0 Å². The number of nitrogens with two attached hydrogens (primary N) is 1. The van der Waals surface area contributed by atoms with Gasteiger partial charge < -0.3 is 10.1 Å². The van der Waals surface area contributed by atoms with Crippen LogP contribution in [-0.4, -0.2) is 10.3 Å². The number of hydrogen-bond donors (Lipinski definition) is 1. The first-order valence-corrected chi connectivity index (χ1v) is 4.54. The highest BCUT2D eigenvalue weighted by atomic mass is 79.9. The molecule has 2 aromatic rings. The molecule has 0 aliphatic heterocycles. The molecule has 0 unspecified atom stereocenters. The van der Waals surface area contributed by atoms with E-state index in [0.717, 1.165) is 9.99 Å². The lowest BCUT2D eigenvalue weighted by Crippen LogP contribution is -2.10. The molecule has 1 amide bonds. The second-order valence-corrected chi connectivity index (χ2v) is 3.59. The van der Waals surface area contributed by atoms with Crippen LogP contribution in [0.3, 0.4) is 0 Å². The quantitative estimate of drug-likeness (QED) is 0.810. The summed E-state index contributed by atoms with van der Waals surface area (Å²) < 4.78 is 2.87. The van der Waals surface area contributed by atoms with Crippen LogP contribution in [0, 0.1) is 0 Å². The SMILES string of the molecule is NC(=O)c1ccn2ccc(Br)c2c1. The van der Waals surface area contributed by atoms with Crippen molar-refractivity contribution in [2.75, 3.05) is 0 Å². The fourth-order valence-electron chi connectivity index (χ4n) is 1.22. The number of rotatable bonds is 1. The van der Waals surface area contributed by atoms with Gasteiger partial charge in [-0.2, -0.15) is 0 Å². The number of amides is 1. The Morgan fingerprint density at radius 1 is 1.38 bits per heavy atom. The van der Waals surface area contributed by atoms with Crippen molar-refractivity contribution in [3.63, 3.8) is 0 Å². The van der Waals surface area contributed by atoms with Crippen molar-refractivity contribution in [3.05, 3.63) is 40.6 Å². The number of carbonyl (C=O) groups excluding carboxylic acids is 1. The van der Waals surface area contributed by atoms with Gasteiger partial charge in [0, 0.05) is 22.4 Å². The van der Waals surface area contributed by atoms with Gasteiger partial charge in [0.25, 0.3) is 0 Å². The first kappa shape index (κ1) is 8.31. The van der Waals surface area contributed by atoms with Crippen LogP contribution in [0.4, 0.5) is 0 Å². The van der Waals surface area contributed by atoms with E-state index < -0.39 is 5.91 Å². The molecule has 0 atom stereocenters. The van der Waals surface area contributed by atoms with Gasteiger partial charge in [-0.3, -0.25) is 4.79 Å². The van der Waals surface area contributed by atoms with E-state index in [0.29, 0.717) is 5.56 Å². The topological polar surface area (TPSA) is 47.5 Å². The van der Waals surface area contributed by atoms with Gasteiger partial charge >= 0.3 is 0 Å². The van der Waals surface area contributed by atoms with E-state index in [2.05, 4.69) is 15.9 Å². The molecule has 4 heteroatoms. The lowest BCUT2D eigenvalue weighted by molar-refractivity contribution is 0.100. The number of nitrogens with zero attached hydrogens (tertiary/aromatic N) is 1. The van der Waals surface area contributed by atoms with Crippen LogP contribution < -0.4 is 5.73 Å². The van der Waals surface area contributed by atoms with Gasteiger partial charge in [0.1, 0.15) is 0 Å². The molecule has 0 aliphatic rings. The van der Waals surface area contributed by atoms with Crippen molar-refractivity contribution in [1.82, 2.24) is 4.40 Å². The average molecular weight is 239 g/mol. The predicted octanol–water partition coefficient (Wildman–Crippen LogP) is 1.80. The Hall–Kier alpha value is -1.29. The predicted molar refractivity (Wildman–Crippen MR) is 53.6 cm³/mol. The number of pyridine rings is 1. The minimum absolute atomic E-state index is 0.407. The van der Waals surface area contributed by atoms with Gasteiger partial charge in [-0.05, 0) is 34.1 Å². The molecule has 0 saturated carbocycles. The largest absolute Gasteiger partial charge is 0.366 e. The molecule has 2 heterocycles. The van der Waals surface area contributed by atoms with Gasteiger partial charge in [-0.15, -0.1) is 0 Å². The van der Waals surface area contributed by atoms with E-state index in [1.54, 1.807) is 18.3 Å². The Morgan fingerprint density at radius 2 is 2.08 bits per heavy atom. The highest BCUT2D eigenvalue weighted by Crippen LogP contribution is 2.19. The molecule has 0 saturated heterocycles. The third-order valence-corrected chi connectivity index (χ3v) is 2.57. The Morgan fingerprint density at radius 3 is 2.77 bits per heavy atom. The van der Waals surface area contributed by atoms with Crippen molar-refractivity contribution in [2.24, 2.45) is 5.73 Å². The maximum absolute atomic E-state index is 10.9. The molecular weight excluding hydrogens is 232 g/mol.